The molecule has 9 heavy (non-hydrogen) atoms. The molecule has 0 saturated carbocycles. The van der Waals surface area contributed by atoms with Gasteiger partial charge in [0.05, 0.1) is 6.61 Å². The average molecular weight is 130 g/mol. The summed E-state index contributed by atoms with van der Waals surface area (Å²) in [6.07, 6.45) is 4.36. The molecule has 0 aliphatic carbocycles. The number of nitrogens with one attached hydrogen (secondary N) is 1. The Balaban J connectivity index is 2.60. The lowest BCUT2D eigenvalue weighted by atomic mass is 10.2. The van der Waals surface area contributed by atoms with Crippen molar-refractivity contribution in [3.8, 4) is 0 Å². The third kappa shape index (κ3) is 7.92. The van der Waals surface area contributed by atoms with E-state index in [0.29, 0.717) is 0 Å². The quantitative estimate of drug-likeness (QED) is 0.538. The van der Waals surface area contributed by atoms with Crippen LogP contribution in [0.2, 0.25) is 0 Å². The van der Waals surface area contributed by atoms with E-state index in [4.69, 9.17) is 0 Å². The summed E-state index contributed by atoms with van der Waals surface area (Å²) in [4.78, 5) is 0. The van der Waals surface area contributed by atoms with Crippen molar-refractivity contribution in [2.75, 3.05) is 20.2 Å². The summed E-state index contributed by atoms with van der Waals surface area (Å²) in [5.74, 6) is 0. The molecule has 0 rings (SSSR count). The topological polar surface area (TPSA) is 31.9 Å². The van der Waals surface area contributed by atoms with Gasteiger partial charge in [0.1, 0.15) is 0 Å². The third-order valence-corrected chi connectivity index (χ3v) is 1.32. The van der Waals surface area contributed by atoms with E-state index in [-0.39, 0.29) is 6.61 Å². The molecule has 1 radical (unpaired) electrons. The maximum absolute atomic E-state index is 9.95. The molecule has 0 aromatic rings. The molecule has 0 aliphatic heterocycles. The Hall–Kier alpha value is -0.0800. The van der Waals surface area contributed by atoms with Gasteiger partial charge in [0.2, 0.25) is 0 Å². The van der Waals surface area contributed by atoms with Crippen molar-refractivity contribution in [3.63, 3.8) is 0 Å². The van der Waals surface area contributed by atoms with Crippen LogP contribution in [0.15, 0.2) is 0 Å². The van der Waals surface area contributed by atoms with Crippen molar-refractivity contribution in [1.82, 2.24) is 5.32 Å². The zero-order valence-electron chi connectivity index (χ0n) is 6.15. The first-order valence-electron chi connectivity index (χ1n) is 3.64. The maximum atomic E-state index is 9.95. The van der Waals surface area contributed by atoms with E-state index in [2.05, 4.69) is 5.32 Å². The highest BCUT2D eigenvalue weighted by atomic mass is 16.2. The molecule has 2 heteroatoms. The molecule has 0 unspecified atom stereocenters. The fraction of sp³-hybridized carbons (Fsp3) is 1.00. The standard InChI is InChI=1S/C7H16NO/c1-8-6-4-2-3-5-7-9/h8H,2-7H2,1H3. The summed E-state index contributed by atoms with van der Waals surface area (Å²) in [7, 11) is 1.95. The molecule has 1 N–H and O–H groups in total. The van der Waals surface area contributed by atoms with Crippen LogP contribution in [0.5, 0.6) is 0 Å². The summed E-state index contributed by atoms with van der Waals surface area (Å²) < 4.78 is 0. The highest BCUT2D eigenvalue weighted by molar-refractivity contribution is 4.43. The number of unbranched alkanes of at least 4 members (excludes halogenated alkanes) is 3. The monoisotopic (exact) mass is 130 g/mol. The summed E-state index contributed by atoms with van der Waals surface area (Å²) in [6.45, 7) is 1.18. The average Bonchev–Trinajstić information content (AvgIpc) is 1.89. The second-order valence-corrected chi connectivity index (χ2v) is 2.22. The molecule has 0 aromatic heterocycles. The minimum absolute atomic E-state index is 0.0968. The third-order valence-electron chi connectivity index (χ3n) is 1.32. The first-order valence-corrected chi connectivity index (χ1v) is 3.64. The Labute approximate surface area is 57.3 Å². The van der Waals surface area contributed by atoms with E-state index in [9.17, 15) is 5.11 Å². The second-order valence-electron chi connectivity index (χ2n) is 2.22. The Morgan fingerprint density at radius 3 is 2.33 bits per heavy atom. The molecule has 0 spiro atoms. The summed E-state index contributed by atoms with van der Waals surface area (Å²) in [5.41, 5.74) is 0. The number of hydrogen-bond acceptors (Lipinski definition) is 1. The molecular weight excluding hydrogens is 114 g/mol. The van der Waals surface area contributed by atoms with E-state index in [1.165, 1.54) is 12.8 Å². The van der Waals surface area contributed by atoms with Crippen molar-refractivity contribution in [2.45, 2.75) is 25.7 Å². The van der Waals surface area contributed by atoms with Gasteiger partial charge in [0, 0.05) is 0 Å². The molecule has 0 bridgehead atoms. The maximum Gasteiger partial charge on any atom is 0.0822 e. The van der Waals surface area contributed by atoms with Crippen molar-refractivity contribution >= 4 is 0 Å². The number of rotatable bonds is 6. The fourth-order valence-corrected chi connectivity index (χ4v) is 0.757. The van der Waals surface area contributed by atoms with E-state index < -0.39 is 0 Å². The molecule has 0 aliphatic rings. The highest BCUT2D eigenvalue weighted by Crippen LogP contribution is 1.96. The predicted octanol–water partition coefficient (Wildman–Crippen LogP) is 1.20. The predicted molar refractivity (Wildman–Crippen MR) is 37.9 cm³/mol. The van der Waals surface area contributed by atoms with Crippen LogP contribution in [-0.2, 0) is 5.11 Å². The van der Waals surface area contributed by atoms with Gasteiger partial charge in [0.25, 0.3) is 0 Å². The van der Waals surface area contributed by atoms with Crippen molar-refractivity contribution in [1.29, 1.82) is 0 Å². The second kappa shape index (κ2) is 7.92. The molecule has 0 atom stereocenters. The lowest BCUT2D eigenvalue weighted by molar-refractivity contribution is 0.186. The van der Waals surface area contributed by atoms with Gasteiger partial charge in [-0.25, -0.2) is 5.11 Å². The normalized spacial score (nSPS) is 10.0. The van der Waals surface area contributed by atoms with Gasteiger partial charge in [-0.3, -0.25) is 0 Å². The molecular formula is C7H16NO. The van der Waals surface area contributed by atoms with Crippen LogP contribution in [0.3, 0.4) is 0 Å². The van der Waals surface area contributed by atoms with E-state index in [1.54, 1.807) is 0 Å². The van der Waals surface area contributed by atoms with Crippen LogP contribution in [0.1, 0.15) is 25.7 Å². The Morgan fingerprint density at radius 2 is 1.78 bits per heavy atom. The van der Waals surface area contributed by atoms with Crippen LogP contribution in [0.25, 0.3) is 0 Å². The van der Waals surface area contributed by atoms with Crippen molar-refractivity contribution < 1.29 is 5.11 Å². The lowest BCUT2D eigenvalue weighted by Crippen LogP contribution is -2.06. The molecule has 55 valence electrons. The Kier molecular flexibility index (Phi) is 7.85. The molecule has 0 saturated heterocycles. The Morgan fingerprint density at radius 1 is 1.11 bits per heavy atom. The lowest BCUT2D eigenvalue weighted by Gasteiger charge is -1.96. The zero-order valence-corrected chi connectivity index (χ0v) is 6.15. The van der Waals surface area contributed by atoms with Gasteiger partial charge >= 0.3 is 0 Å². The SMILES string of the molecule is CNCCCCCC[O]. The van der Waals surface area contributed by atoms with Gasteiger partial charge in [0.15, 0.2) is 0 Å². The van der Waals surface area contributed by atoms with E-state index >= 15 is 0 Å². The largest absolute Gasteiger partial charge is 0.320 e. The Bertz CT molecular complexity index is 42.2. The smallest absolute Gasteiger partial charge is 0.0822 e. The van der Waals surface area contributed by atoms with E-state index in [1.807, 2.05) is 7.05 Å². The first kappa shape index (κ1) is 8.92. The van der Waals surface area contributed by atoms with Crippen molar-refractivity contribution in [3.05, 3.63) is 0 Å². The first-order chi connectivity index (χ1) is 4.41. The van der Waals surface area contributed by atoms with Gasteiger partial charge in [-0.1, -0.05) is 12.8 Å². The minimum Gasteiger partial charge on any atom is -0.320 e. The zero-order chi connectivity index (χ0) is 6.95. The molecule has 0 amide bonds. The molecule has 0 aromatic carbocycles. The van der Waals surface area contributed by atoms with Crippen LogP contribution in [0, 0.1) is 0 Å². The fourth-order valence-electron chi connectivity index (χ4n) is 0.757. The molecule has 0 heterocycles. The van der Waals surface area contributed by atoms with Crippen LogP contribution in [0.4, 0.5) is 0 Å². The minimum atomic E-state index is 0.0968. The van der Waals surface area contributed by atoms with E-state index in [0.717, 1.165) is 19.4 Å². The van der Waals surface area contributed by atoms with Crippen LogP contribution in [-0.4, -0.2) is 20.2 Å². The van der Waals surface area contributed by atoms with Crippen LogP contribution < -0.4 is 5.32 Å². The number of hydrogen-bond donors (Lipinski definition) is 1. The van der Waals surface area contributed by atoms with Crippen LogP contribution >= 0.6 is 0 Å². The molecule has 2 nitrogen and oxygen atoms in total. The highest BCUT2D eigenvalue weighted by Gasteiger charge is 1.86. The van der Waals surface area contributed by atoms with Gasteiger partial charge in [-0.2, -0.15) is 0 Å². The summed E-state index contributed by atoms with van der Waals surface area (Å²) in [6, 6.07) is 0. The van der Waals surface area contributed by atoms with Crippen molar-refractivity contribution in [2.24, 2.45) is 0 Å². The van der Waals surface area contributed by atoms with Gasteiger partial charge in [-0.05, 0) is 26.4 Å². The van der Waals surface area contributed by atoms with Gasteiger partial charge < -0.3 is 5.32 Å². The summed E-state index contributed by atoms with van der Waals surface area (Å²) in [5, 5.41) is 13.0. The van der Waals surface area contributed by atoms with Gasteiger partial charge in [-0.15, -0.1) is 0 Å². The summed E-state index contributed by atoms with van der Waals surface area (Å²) >= 11 is 0. The molecule has 0 fully saturated rings.